The minimum absolute atomic E-state index is 0.824. The number of benzene rings is 2. The summed E-state index contributed by atoms with van der Waals surface area (Å²) in [5, 5.41) is 1.08. The SMILES string of the molecule is c1ccc(-c2cc3cccc(-c4ccco4)c3o2)cc1. The average molecular weight is 260 g/mol. The zero-order valence-corrected chi connectivity index (χ0v) is 10.7. The molecule has 96 valence electrons. The third-order valence-electron chi connectivity index (χ3n) is 3.39. The third-order valence-corrected chi connectivity index (χ3v) is 3.39. The molecule has 0 aliphatic carbocycles. The first-order valence-corrected chi connectivity index (χ1v) is 6.54. The molecule has 0 saturated carbocycles. The highest BCUT2D eigenvalue weighted by molar-refractivity contribution is 5.93. The molecule has 2 heteroatoms. The van der Waals surface area contributed by atoms with Gasteiger partial charge in [0.05, 0.1) is 11.8 Å². The molecule has 2 aromatic heterocycles. The summed E-state index contributed by atoms with van der Waals surface area (Å²) in [6.07, 6.45) is 1.68. The van der Waals surface area contributed by atoms with Gasteiger partial charge in [0.15, 0.2) is 0 Å². The van der Waals surface area contributed by atoms with Gasteiger partial charge in [0.25, 0.3) is 0 Å². The van der Waals surface area contributed by atoms with E-state index in [4.69, 9.17) is 8.83 Å². The standard InChI is InChI=1S/C18H12O2/c1-2-6-13(7-3-1)17-12-14-8-4-9-15(18(14)20-17)16-10-5-11-19-16/h1-12H. The van der Waals surface area contributed by atoms with Crippen LogP contribution in [0.15, 0.2) is 81.8 Å². The van der Waals surface area contributed by atoms with Crippen molar-refractivity contribution in [2.24, 2.45) is 0 Å². The maximum Gasteiger partial charge on any atom is 0.145 e. The van der Waals surface area contributed by atoms with Crippen molar-refractivity contribution in [1.29, 1.82) is 0 Å². The Bertz CT molecular complexity index is 840. The summed E-state index contributed by atoms with van der Waals surface area (Å²) in [6.45, 7) is 0. The van der Waals surface area contributed by atoms with E-state index in [0.717, 1.165) is 33.6 Å². The van der Waals surface area contributed by atoms with Crippen LogP contribution in [0.25, 0.3) is 33.6 Å². The van der Waals surface area contributed by atoms with Gasteiger partial charge in [0.1, 0.15) is 17.1 Å². The van der Waals surface area contributed by atoms with Crippen molar-refractivity contribution < 1.29 is 8.83 Å². The molecule has 0 spiro atoms. The topological polar surface area (TPSA) is 26.3 Å². The number of hydrogen-bond donors (Lipinski definition) is 0. The van der Waals surface area contributed by atoms with Crippen molar-refractivity contribution in [3.63, 3.8) is 0 Å². The van der Waals surface area contributed by atoms with E-state index in [9.17, 15) is 0 Å². The van der Waals surface area contributed by atoms with Crippen molar-refractivity contribution in [1.82, 2.24) is 0 Å². The second kappa shape index (κ2) is 4.42. The summed E-state index contributed by atoms with van der Waals surface area (Å²) in [4.78, 5) is 0. The predicted molar refractivity (Wildman–Crippen MR) is 79.4 cm³/mol. The van der Waals surface area contributed by atoms with Crippen molar-refractivity contribution in [3.8, 4) is 22.6 Å². The van der Waals surface area contributed by atoms with Crippen LogP contribution in [-0.2, 0) is 0 Å². The summed E-state index contributed by atoms with van der Waals surface area (Å²) < 4.78 is 11.5. The summed E-state index contributed by atoms with van der Waals surface area (Å²) >= 11 is 0. The number of rotatable bonds is 2. The van der Waals surface area contributed by atoms with E-state index in [1.807, 2.05) is 54.6 Å². The van der Waals surface area contributed by atoms with Gasteiger partial charge in [-0.25, -0.2) is 0 Å². The molecule has 2 aromatic carbocycles. The van der Waals surface area contributed by atoms with E-state index < -0.39 is 0 Å². The summed E-state index contributed by atoms with van der Waals surface area (Å²) in [6, 6.07) is 22.1. The van der Waals surface area contributed by atoms with Gasteiger partial charge in [-0.05, 0) is 24.3 Å². The molecule has 0 atom stereocenters. The molecule has 20 heavy (non-hydrogen) atoms. The molecule has 0 bridgehead atoms. The monoisotopic (exact) mass is 260 g/mol. The Morgan fingerprint density at radius 2 is 1.60 bits per heavy atom. The largest absolute Gasteiger partial charge is 0.464 e. The Hall–Kier alpha value is -2.74. The lowest BCUT2D eigenvalue weighted by Crippen LogP contribution is -1.74. The predicted octanol–water partition coefficient (Wildman–Crippen LogP) is 5.36. The average Bonchev–Trinajstić information content (AvgIpc) is 3.17. The number of para-hydroxylation sites is 1. The van der Waals surface area contributed by atoms with E-state index in [2.05, 4.69) is 12.1 Å². The minimum atomic E-state index is 0.824. The molecule has 0 aliphatic rings. The summed E-state index contributed by atoms with van der Waals surface area (Å²) in [5.74, 6) is 1.70. The molecule has 2 heterocycles. The van der Waals surface area contributed by atoms with Gasteiger partial charge < -0.3 is 8.83 Å². The molecular weight excluding hydrogens is 248 g/mol. The summed E-state index contributed by atoms with van der Waals surface area (Å²) in [7, 11) is 0. The second-order valence-corrected chi connectivity index (χ2v) is 4.68. The number of furan rings is 2. The highest BCUT2D eigenvalue weighted by atomic mass is 16.3. The van der Waals surface area contributed by atoms with Crippen LogP contribution in [0.5, 0.6) is 0 Å². The Balaban J connectivity index is 1.94. The highest BCUT2D eigenvalue weighted by Gasteiger charge is 2.12. The molecule has 2 nitrogen and oxygen atoms in total. The van der Waals surface area contributed by atoms with Crippen LogP contribution in [0.4, 0.5) is 0 Å². The van der Waals surface area contributed by atoms with Gasteiger partial charge in [-0.3, -0.25) is 0 Å². The highest BCUT2D eigenvalue weighted by Crippen LogP contribution is 2.34. The fraction of sp³-hybridized carbons (Fsp3) is 0. The van der Waals surface area contributed by atoms with Crippen LogP contribution < -0.4 is 0 Å². The first-order valence-electron chi connectivity index (χ1n) is 6.54. The molecular formula is C18H12O2. The van der Waals surface area contributed by atoms with Crippen LogP contribution in [0.2, 0.25) is 0 Å². The Morgan fingerprint density at radius 1 is 0.700 bits per heavy atom. The second-order valence-electron chi connectivity index (χ2n) is 4.68. The van der Waals surface area contributed by atoms with E-state index in [1.165, 1.54) is 0 Å². The zero-order chi connectivity index (χ0) is 13.4. The Morgan fingerprint density at radius 3 is 2.40 bits per heavy atom. The molecule has 0 aliphatic heterocycles. The van der Waals surface area contributed by atoms with Crippen LogP contribution in [0, 0.1) is 0 Å². The molecule has 0 fully saturated rings. The minimum Gasteiger partial charge on any atom is -0.464 e. The summed E-state index contributed by atoms with van der Waals surface area (Å²) in [5.41, 5.74) is 2.92. The number of hydrogen-bond acceptors (Lipinski definition) is 2. The molecule has 4 rings (SSSR count). The van der Waals surface area contributed by atoms with Crippen LogP contribution >= 0.6 is 0 Å². The van der Waals surface area contributed by atoms with Gasteiger partial charge >= 0.3 is 0 Å². The first kappa shape index (κ1) is 11.1. The first-order chi connectivity index (χ1) is 9.92. The van der Waals surface area contributed by atoms with Crippen LogP contribution in [0.1, 0.15) is 0 Å². The van der Waals surface area contributed by atoms with Crippen molar-refractivity contribution in [2.45, 2.75) is 0 Å². The molecule has 0 amide bonds. The van der Waals surface area contributed by atoms with Crippen molar-refractivity contribution in [2.75, 3.05) is 0 Å². The maximum absolute atomic E-state index is 6.05. The normalized spacial score (nSPS) is 11.0. The van der Waals surface area contributed by atoms with E-state index in [1.54, 1.807) is 6.26 Å². The van der Waals surface area contributed by atoms with Crippen LogP contribution in [0.3, 0.4) is 0 Å². The fourth-order valence-electron chi connectivity index (χ4n) is 2.43. The quantitative estimate of drug-likeness (QED) is 0.485. The van der Waals surface area contributed by atoms with Gasteiger partial charge in [-0.15, -0.1) is 0 Å². The van der Waals surface area contributed by atoms with Gasteiger partial charge in [-0.1, -0.05) is 42.5 Å². The molecule has 0 saturated heterocycles. The molecule has 0 unspecified atom stereocenters. The van der Waals surface area contributed by atoms with Gasteiger partial charge in [0.2, 0.25) is 0 Å². The lowest BCUT2D eigenvalue weighted by Gasteiger charge is -1.98. The van der Waals surface area contributed by atoms with Gasteiger partial charge in [-0.2, -0.15) is 0 Å². The lowest BCUT2D eigenvalue weighted by atomic mass is 10.1. The lowest BCUT2D eigenvalue weighted by molar-refractivity contribution is 0.579. The zero-order valence-electron chi connectivity index (χ0n) is 10.7. The Kier molecular flexibility index (Phi) is 2.46. The van der Waals surface area contributed by atoms with Crippen LogP contribution in [-0.4, -0.2) is 0 Å². The maximum atomic E-state index is 6.05. The van der Waals surface area contributed by atoms with Crippen molar-refractivity contribution in [3.05, 3.63) is 73.0 Å². The molecule has 0 N–H and O–H groups in total. The van der Waals surface area contributed by atoms with Gasteiger partial charge in [0, 0.05) is 10.9 Å². The smallest absolute Gasteiger partial charge is 0.145 e. The molecule has 4 aromatic rings. The van der Waals surface area contributed by atoms with E-state index in [0.29, 0.717) is 0 Å². The van der Waals surface area contributed by atoms with E-state index >= 15 is 0 Å². The third kappa shape index (κ3) is 1.74. The fourth-order valence-corrected chi connectivity index (χ4v) is 2.43. The Labute approximate surface area is 116 Å². The van der Waals surface area contributed by atoms with Crippen molar-refractivity contribution >= 4 is 11.0 Å². The number of fused-ring (bicyclic) bond motifs is 1. The van der Waals surface area contributed by atoms with E-state index in [-0.39, 0.29) is 0 Å². The molecule has 0 radical (unpaired) electrons.